The van der Waals surface area contributed by atoms with Gasteiger partial charge >= 0.3 is 24.3 Å². The highest BCUT2D eigenvalue weighted by molar-refractivity contribution is 5.87. The second-order valence-electron chi connectivity index (χ2n) is 12.0. The van der Waals surface area contributed by atoms with Gasteiger partial charge in [-0.05, 0) is 81.1 Å². The van der Waals surface area contributed by atoms with E-state index in [1.807, 2.05) is 0 Å². The number of ether oxygens (including phenoxy) is 3. The molecule has 0 unspecified atom stereocenters. The van der Waals surface area contributed by atoms with Crippen molar-refractivity contribution in [1.29, 1.82) is 0 Å². The molecule has 5 amide bonds. The van der Waals surface area contributed by atoms with E-state index in [-0.39, 0.29) is 19.0 Å². The number of carbonyl (C=O) groups excluding carboxylic acids is 6. The number of hydrogen-bond donors (Lipinski definition) is 6. The molecule has 0 spiro atoms. The van der Waals surface area contributed by atoms with Gasteiger partial charge in [-0.2, -0.15) is 4.98 Å². The van der Waals surface area contributed by atoms with E-state index in [0.717, 1.165) is 38.5 Å². The number of aryl methyl sites for hydroxylation is 1. The molecular formula is C37H47N7O10. The average molecular weight is 750 g/mol. The maximum Gasteiger partial charge on any atom is 0.412 e. The number of anilines is 1. The summed E-state index contributed by atoms with van der Waals surface area (Å²) in [6, 6.07) is 11.9. The Hall–Kier alpha value is -6.26. The van der Waals surface area contributed by atoms with Gasteiger partial charge in [0.1, 0.15) is 24.1 Å². The standard InChI is InChI=1S/C37H47N7O10/c1-26-31(18-23-52-35(49)39-20-7-4-5-9-22-41-37(51)54-30-16-12-28(25-46)13-17-30)32(47)43-33(42-26)44-34(48)38-19-6-2-3-8-21-40-36(50)53-29-14-10-27(24-45)11-15-29/h10-17,24-25H,2-9,18-23H2,1H3,(H,39,49)(H,40,50)(H,41,51)(H3,38,42,43,44,47,48). The Bertz CT molecular complexity index is 1730. The minimum absolute atomic E-state index is 0.00647. The zero-order valence-electron chi connectivity index (χ0n) is 30.2. The highest BCUT2D eigenvalue weighted by Crippen LogP contribution is 2.12. The molecule has 290 valence electrons. The topological polar surface area (TPSA) is 236 Å². The summed E-state index contributed by atoms with van der Waals surface area (Å²) < 4.78 is 15.5. The van der Waals surface area contributed by atoms with E-state index in [1.165, 1.54) is 0 Å². The highest BCUT2D eigenvalue weighted by atomic mass is 16.6. The summed E-state index contributed by atoms with van der Waals surface area (Å²) in [5.41, 5.74) is 1.25. The predicted molar refractivity (Wildman–Crippen MR) is 198 cm³/mol. The molecule has 0 aliphatic rings. The molecule has 1 aromatic heterocycles. The van der Waals surface area contributed by atoms with Crippen molar-refractivity contribution in [3.63, 3.8) is 0 Å². The molecule has 1 heterocycles. The fraction of sp³-hybridized carbons (Fsp3) is 0.405. The molecular weight excluding hydrogens is 702 g/mol. The SMILES string of the molecule is Cc1[nH]c(NC(=O)NCCCCCCNC(=O)Oc2ccc(C=O)cc2)nc(=O)c1CCOC(=O)NCCCCCCNC(=O)Oc1ccc(C=O)cc1. The summed E-state index contributed by atoms with van der Waals surface area (Å²) >= 11 is 0. The summed E-state index contributed by atoms with van der Waals surface area (Å²) in [7, 11) is 0. The Kier molecular flexibility index (Phi) is 18.8. The molecule has 0 aliphatic carbocycles. The second kappa shape index (κ2) is 24.1. The third-order valence-corrected chi connectivity index (χ3v) is 7.80. The summed E-state index contributed by atoms with van der Waals surface area (Å²) in [5.74, 6) is 0.677. The minimum atomic E-state index is -0.602. The predicted octanol–water partition coefficient (Wildman–Crippen LogP) is 4.79. The molecule has 0 saturated heterocycles. The van der Waals surface area contributed by atoms with Crippen molar-refractivity contribution in [3.8, 4) is 11.5 Å². The van der Waals surface area contributed by atoms with Crippen molar-refractivity contribution in [2.24, 2.45) is 0 Å². The summed E-state index contributed by atoms with van der Waals surface area (Å²) in [6.07, 6.45) is 5.97. The van der Waals surface area contributed by atoms with Gasteiger partial charge in [0.15, 0.2) is 0 Å². The second-order valence-corrected chi connectivity index (χ2v) is 12.0. The number of alkyl carbamates (subject to hydrolysis) is 1. The number of hydrogen-bond acceptors (Lipinski definition) is 11. The van der Waals surface area contributed by atoms with Gasteiger partial charge in [0.25, 0.3) is 5.56 Å². The molecule has 2 aromatic carbocycles. The van der Waals surface area contributed by atoms with Gasteiger partial charge in [-0.3, -0.25) is 19.7 Å². The normalized spacial score (nSPS) is 10.4. The van der Waals surface area contributed by atoms with Crippen LogP contribution in [0.4, 0.5) is 25.1 Å². The first kappa shape index (κ1) is 42.2. The van der Waals surface area contributed by atoms with Crippen LogP contribution in [0.2, 0.25) is 0 Å². The van der Waals surface area contributed by atoms with E-state index >= 15 is 0 Å². The monoisotopic (exact) mass is 749 g/mol. The quantitative estimate of drug-likeness (QED) is 0.0603. The molecule has 17 heteroatoms. The van der Waals surface area contributed by atoms with Crippen molar-refractivity contribution in [3.05, 3.63) is 81.3 Å². The molecule has 3 aromatic rings. The number of carbonyl (C=O) groups is 6. The van der Waals surface area contributed by atoms with Crippen molar-refractivity contribution in [2.45, 2.75) is 64.7 Å². The van der Waals surface area contributed by atoms with Crippen LogP contribution in [0.5, 0.6) is 11.5 Å². The zero-order chi connectivity index (χ0) is 39.0. The summed E-state index contributed by atoms with van der Waals surface area (Å²) in [4.78, 5) is 88.8. The van der Waals surface area contributed by atoms with E-state index in [2.05, 4.69) is 36.6 Å². The Labute approximate surface area is 312 Å². The lowest BCUT2D eigenvalue weighted by molar-refractivity contribution is 0.111. The maximum atomic E-state index is 12.6. The van der Waals surface area contributed by atoms with Crippen LogP contribution >= 0.6 is 0 Å². The average Bonchev–Trinajstić information content (AvgIpc) is 3.15. The first-order chi connectivity index (χ1) is 26.2. The van der Waals surface area contributed by atoms with Crippen LogP contribution < -0.4 is 41.6 Å². The fourth-order valence-electron chi connectivity index (χ4n) is 4.91. The van der Waals surface area contributed by atoms with Crippen LogP contribution in [-0.2, 0) is 11.2 Å². The lowest BCUT2D eigenvalue weighted by Crippen LogP contribution is -2.32. The van der Waals surface area contributed by atoms with Crippen LogP contribution in [-0.4, -0.2) is 79.6 Å². The fourth-order valence-corrected chi connectivity index (χ4v) is 4.91. The largest absolute Gasteiger partial charge is 0.449 e. The van der Waals surface area contributed by atoms with Crippen LogP contribution in [0.1, 0.15) is 83.3 Å². The Morgan fingerprint density at radius 3 is 1.54 bits per heavy atom. The number of amides is 5. The van der Waals surface area contributed by atoms with Gasteiger partial charge in [-0.15, -0.1) is 0 Å². The molecule has 0 atom stereocenters. The molecule has 3 rings (SSSR count). The molecule has 0 aliphatic heterocycles. The maximum absolute atomic E-state index is 12.6. The Morgan fingerprint density at radius 1 is 0.648 bits per heavy atom. The molecule has 54 heavy (non-hydrogen) atoms. The molecule has 6 N–H and O–H groups in total. The number of benzene rings is 2. The van der Waals surface area contributed by atoms with Gasteiger partial charge in [0.05, 0.1) is 6.61 Å². The van der Waals surface area contributed by atoms with Gasteiger partial charge in [0.2, 0.25) is 5.95 Å². The zero-order valence-corrected chi connectivity index (χ0v) is 30.2. The molecule has 0 radical (unpaired) electrons. The smallest absolute Gasteiger partial charge is 0.412 e. The number of nitrogens with one attached hydrogen (secondary N) is 6. The van der Waals surface area contributed by atoms with Crippen molar-refractivity contribution >= 4 is 42.8 Å². The van der Waals surface area contributed by atoms with Gasteiger partial charge in [-0.1, -0.05) is 25.7 Å². The Morgan fingerprint density at radius 2 is 1.09 bits per heavy atom. The number of urea groups is 1. The number of nitrogens with zero attached hydrogens (tertiary/aromatic N) is 1. The van der Waals surface area contributed by atoms with Gasteiger partial charge in [0, 0.05) is 55.0 Å². The van der Waals surface area contributed by atoms with Crippen molar-refractivity contribution in [2.75, 3.05) is 38.1 Å². The molecule has 17 nitrogen and oxygen atoms in total. The number of aromatic amines is 1. The number of aromatic nitrogens is 2. The molecule has 0 bridgehead atoms. The number of unbranched alkanes of at least 4 members (excludes halogenated alkanes) is 6. The number of aldehydes is 2. The van der Waals surface area contributed by atoms with Crippen LogP contribution in [0.3, 0.4) is 0 Å². The van der Waals surface area contributed by atoms with E-state index < -0.39 is 29.9 Å². The van der Waals surface area contributed by atoms with E-state index in [4.69, 9.17) is 14.2 Å². The Balaban J connectivity index is 1.17. The van der Waals surface area contributed by atoms with Crippen LogP contribution in [0, 0.1) is 6.92 Å². The number of H-pyrrole nitrogens is 1. The third-order valence-electron chi connectivity index (χ3n) is 7.80. The van der Waals surface area contributed by atoms with Gasteiger partial charge < -0.3 is 40.5 Å². The van der Waals surface area contributed by atoms with Crippen LogP contribution in [0.25, 0.3) is 0 Å². The lowest BCUT2D eigenvalue weighted by atomic mass is 10.2. The summed E-state index contributed by atoms with van der Waals surface area (Å²) in [6.45, 7) is 3.30. The van der Waals surface area contributed by atoms with E-state index in [9.17, 15) is 33.6 Å². The van der Waals surface area contributed by atoms with Gasteiger partial charge in [-0.25, -0.2) is 19.2 Å². The highest BCUT2D eigenvalue weighted by Gasteiger charge is 2.12. The first-order valence-electron chi connectivity index (χ1n) is 17.7. The molecule has 0 saturated carbocycles. The third kappa shape index (κ3) is 16.8. The van der Waals surface area contributed by atoms with Crippen molar-refractivity contribution in [1.82, 2.24) is 31.2 Å². The van der Waals surface area contributed by atoms with E-state index in [0.29, 0.717) is 85.5 Å². The number of rotatable bonds is 22. The summed E-state index contributed by atoms with van der Waals surface area (Å²) in [5, 5.41) is 13.2. The lowest BCUT2D eigenvalue weighted by Gasteiger charge is -2.11. The minimum Gasteiger partial charge on any atom is -0.449 e. The molecule has 0 fully saturated rings. The van der Waals surface area contributed by atoms with Crippen molar-refractivity contribution < 1.29 is 43.0 Å². The van der Waals surface area contributed by atoms with E-state index in [1.54, 1.807) is 55.5 Å². The first-order valence-corrected chi connectivity index (χ1v) is 17.7. The van der Waals surface area contributed by atoms with Crippen LogP contribution in [0.15, 0.2) is 53.3 Å².